The number of hydrogen-bond donors (Lipinski definition) is 2. The molecule has 12 heteroatoms. The predicted molar refractivity (Wildman–Crippen MR) is 151 cm³/mol. The summed E-state index contributed by atoms with van der Waals surface area (Å²) in [5.74, 6) is 0.934. The molecule has 0 radical (unpaired) electrons. The normalized spacial score (nSPS) is 13.5. The van der Waals surface area contributed by atoms with Gasteiger partial charge in [-0.2, -0.15) is 5.10 Å². The number of hydrogen-bond acceptors (Lipinski definition) is 7. The lowest BCUT2D eigenvalue weighted by molar-refractivity contribution is -0.129. The highest BCUT2D eigenvalue weighted by molar-refractivity contribution is 6.41. The van der Waals surface area contributed by atoms with Crippen molar-refractivity contribution in [3.05, 3.63) is 58.1 Å². The first kappa shape index (κ1) is 26.6. The molecule has 0 spiro atoms. The number of amides is 2. The molecule has 0 saturated carbocycles. The van der Waals surface area contributed by atoms with E-state index in [0.717, 1.165) is 18.8 Å². The molecule has 4 aromatic rings. The van der Waals surface area contributed by atoms with E-state index in [4.69, 9.17) is 32.7 Å². The highest BCUT2D eigenvalue weighted by Gasteiger charge is 2.22. The SMILES string of the molecule is COc1cc(OC)c(Cl)c(-c2ccc3c(NC(=O)c4ccc(N5CCN(C(C)=O)CC5)cc4)n[nH]c3n2)c1Cl. The van der Waals surface area contributed by atoms with Crippen LogP contribution in [0.2, 0.25) is 10.0 Å². The molecule has 0 atom stereocenters. The molecule has 2 amide bonds. The highest BCUT2D eigenvalue weighted by atomic mass is 35.5. The van der Waals surface area contributed by atoms with E-state index in [1.807, 2.05) is 17.0 Å². The van der Waals surface area contributed by atoms with E-state index in [-0.39, 0.29) is 11.8 Å². The average Bonchev–Trinajstić information content (AvgIpc) is 3.35. The third-order valence-corrected chi connectivity index (χ3v) is 7.46. The summed E-state index contributed by atoms with van der Waals surface area (Å²) in [5.41, 5.74) is 2.87. The Hall–Kier alpha value is -4.02. The number of carbonyl (C=O) groups is 2. The van der Waals surface area contributed by atoms with Gasteiger partial charge in [0, 0.05) is 56.0 Å². The van der Waals surface area contributed by atoms with Crippen LogP contribution >= 0.6 is 23.2 Å². The lowest BCUT2D eigenvalue weighted by Gasteiger charge is -2.35. The number of methoxy groups -OCH3 is 2. The Bertz CT molecular complexity index is 1520. The zero-order valence-corrected chi connectivity index (χ0v) is 23.1. The van der Waals surface area contributed by atoms with E-state index < -0.39 is 0 Å². The van der Waals surface area contributed by atoms with Gasteiger partial charge >= 0.3 is 0 Å². The van der Waals surface area contributed by atoms with E-state index in [1.54, 1.807) is 37.3 Å². The van der Waals surface area contributed by atoms with Crippen LogP contribution in [0.25, 0.3) is 22.3 Å². The summed E-state index contributed by atoms with van der Waals surface area (Å²) in [7, 11) is 3.01. The van der Waals surface area contributed by atoms with Crippen molar-refractivity contribution in [2.45, 2.75) is 6.92 Å². The van der Waals surface area contributed by atoms with Crippen molar-refractivity contribution in [1.82, 2.24) is 20.1 Å². The number of fused-ring (bicyclic) bond motifs is 1. The summed E-state index contributed by atoms with van der Waals surface area (Å²) in [4.78, 5) is 33.2. The molecule has 202 valence electrons. The minimum absolute atomic E-state index is 0.0899. The summed E-state index contributed by atoms with van der Waals surface area (Å²) in [5, 5.41) is 11.2. The molecule has 0 bridgehead atoms. The largest absolute Gasteiger partial charge is 0.495 e. The van der Waals surface area contributed by atoms with Crippen molar-refractivity contribution < 1.29 is 19.1 Å². The van der Waals surface area contributed by atoms with Gasteiger partial charge in [0.05, 0.1) is 35.3 Å². The van der Waals surface area contributed by atoms with E-state index in [1.165, 1.54) is 14.2 Å². The fourth-order valence-corrected chi connectivity index (χ4v) is 5.23. The van der Waals surface area contributed by atoms with Gasteiger partial charge in [-0.15, -0.1) is 0 Å². The molecule has 0 unspecified atom stereocenters. The average molecular weight is 569 g/mol. The molecular formula is C27H26Cl2N6O4. The monoisotopic (exact) mass is 568 g/mol. The second-order valence-corrected chi connectivity index (χ2v) is 9.70. The van der Waals surface area contributed by atoms with E-state index in [2.05, 4.69) is 25.4 Å². The Morgan fingerprint density at radius 3 is 2.18 bits per heavy atom. The van der Waals surface area contributed by atoms with Gasteiger partial charge in [-0.1, -0.05) is 23.2 Å². The third-order valence-electron chi connectivity index (χ3n) is 6.71. The molecule has 1 fully saturated rings. The summed E-state index contributed by atoms with van der Waals surface area (Å²) >= 11 is 13.1. The van der Waals surface area contributed by atoms with Gasteiger partial charge in [0.15, 0.2) is 11.5 Å². The zero-order valence-electron chi connectivity index (χ0n) is 21.5. The first-order valence-electron chi connectivity index (χ1n) is 12.2. The van der Waals surface area contributed by atoms with Crippen LogP contribution < -0.4 is 19.7 Å². The summed E-state index contributed by atoms with van der Waals surface area (Å²) in [6, 6.07) is 12.5. The lowest BCUT2D eigenvalue weighted by Crippen LogP contribution is -2.48. The standard InChI is InChI=1S/C27H26Cl2N6O4/c1-15(36)34-10-12-35(13-11-34)17-6-4-16(5-7-17)27(37)31-26-18-8-9-19(30-25(18)32-33-26)22-23(28)20(38-2)14-21(39-3)24(22)29/h4-9,14H,10-13H2,1-3H3,(H2,30,31,32,33,37). The number of rotatable bonds is 6. The second-order valence-electron chi connectivity index (χ2n) is 8.94. The number of carbonyl (C=O) groups excluding carboxylic acids is 2. The number of piperazine rings is 1. The van der Waals surface area contributed by atoms with Crippen LogP contribution in [0.1, 0.15) is 17.3 Å². The fourth-order valence-electron chi connectivity index (χ4n) is 4.53. The highest BCUT2D eigenvalue weighted by Crippen LogP contribution is 2.45. The minimum atomic E-state index is -0.302. The van der Waals surface area contributed by atoms with Gasteiger partial charge in [-0.3, -0.25) is 14.7 Å². The number of ether oxygens (including phenoxy) is 2. The molecule has 2 aromatic carbocycles. The van der Waals surface area contributed by atoms with Crippen LogP contribution in [0, 0.1) is 0 Å². The van der Waals surface area contributed by atoms with Crippen molar-refractivity contribution in [1.29, 1.82) is 0 Å². The molecular weight excluding hydrogens is 543 g/mol. The Morgan fingerprint density at radius 2 is 1.59 bits per heavy atom. The first-order chi connectivity index (χ1) is 18.8. The van der Waals surface area contributed by atoms with Gasteiger partial charge < -0.3 is 24.6 Å². The number of H-pyrrole nitrogens is 1. The van der Waals surface area contributed by atoms with Crippen LogP contribution in [0.5, 0.6) is 11.5 Å². The number of nitrogens with zero attached hydrogens (tertiary/aromatic N) is 4. The maximum Gasteiger partial charge on any atom is 0.256 e. The quantitative estimate of drug-likeness (QED) is 0.341. The Kier molecular flexibility index (Phi) is 7.49. The molecule has 10 nitrogen and oxygen atoms in total. The smallest absolute Gasteiger partial charge is 0.256 e. The maximum atomic E-state index is 13.0. The number of aromatic nitrogens is 3. The number of benzene rings is 2. The molecule has 5 rings (SSSR count). The van der Waals surface area contributed by atoms with Crippen LogP contribution in [0.4, 0.5) is 11.5 Å². The van der Waals surface area contributed by atoms with Crippen molar-refractivity contribution in [2.75, 3.05) is 50.6 Å². The van der Waals surface area contributed by atoms with Crippen LogP contribution in [0.3, 0.4) is 0 Å². The zero-order chi connectivity index (χ0) is 27.7. The lowest BCUT2D eigenvalue weighted by atomic mass is 10.1. The fraction of sp³-hybridized carbons (Fsp3) is 0.259. The molecule has 1 aliphatic rings. The predicted octanol–water partition coefficient (Wildman–Crippen LogP) is 4.87. The summed E-state index contributed by atoms with van der Waals surface area (Å²) < 4.78 is 10.7. The van der Waals surface area contributed by atoms with E-state index in [9.17, 15) is 9.59 Å². The maximum absolute atomic E-state index is 13.0. The van der Waals surface area contributed by atoms with Crippen LogP contribution in [-0.2, 0) is 4.79 Å². The van der Waals surface area contributed by atoms with Gasteiger partial charge in [0.1, 0.15) is 11.5 Å². The molecule has 39 heavy (non-hydrogen) atoms. The van der Waals surface area contributed by atoms with Gasteiger partial charge in [0.2, 0.25) is 5.91 Å². The van der Waals surface area contributed by atoms with Crippen LogP contribution in [0.15, 0.2) is 42.5 Å². The Labute approximate surface area is 234 Å². The number of aromatic amines is 1. The van der Waals surface area contributed by atoms with Crippen molar-refractivity contribution in [3.8, 4) is 22.8 Å². The minimum Gasteiger partial charge on any atom is -0.495 e. The summed E-state index contributed by atoms with van der Waals surface area (Å²) in [6.07, 6.45) is 0. The Morgan fingerprint density at radius 1 is 0.949 bits per heavy atom. The van der Waals surface area contributed by atoms with Crippen molar-refractivity contribution in [2.24, 2.45) is 0 Å². The first-order valence-corrected chi connectivity index (χ1v) is 12.9. The Balaban J connectivity index is 1.33. The van der Waals surface area contributed by atoms with E-state index >= 15 is 0 Å². The van der Waals surface area contributed by atoms with E-state index in [0.29, 0.717) is 68.3 Å². The third kappa shape index (κ3) is 5.17. The van der Waals surface area contributed by atoms with Gasteiger partial charge in [0.25, 0.3) is 5.91 Å². The van der Waals surface area contributed by atoms with Crippen molar-refractivity contribution in [3.63, 3.8) is 0 Å². The molecule has 0 aliphatic carbocycles. The molecule has 2 aromatic heterocycles. The van der Waals surface area contributed by atoms with Gasteiger partial charge in [-0.25, -0.2) is 4.98 Å². The number of anilines is 2. The van der Waals surface area contributed by atoms with Crippen LogP contribution in [-0.4, -0.2) is 72.3 Å². The molecule has 1 aliphatic heterocycles. The van der Waals surface area contributed by atoms with Gasteiger partial charge in [-0.05, 0) is 36.4 Å². The topological polar surface area (TPSA) is 113 Å². The number of nitrogens with one attached hydrogen (secondary N) is 2. The molecule has 1 saturated heterocycles. The molecule has 2 N–H and O–H groups in total. The molecule has 3 heterocycles. The number of halogens is 2. The second kappa shape index (κ2) is 11.0. The summed E-state index contributed by atoms with van der Waals surface area (Å²) in [6.45, 7) is 4.45. The van der Waals surface area contributed by atoms with Crippen molar-refractivity contribution >= 4 is 57.6 Å². The number of pyridine rings is 1.